The number of rotatable bonds is 6. The van der Waals surface area contributed by atoms with Crippen LogP contribution in [0.2, 0.25) is 5.28 Å². The normalized spacial score (nSPS) is 12.6. The zero-order valence-corrected chi connectivity index (χ0v) is 11.5. The van der Waals surface area contributed by atoms with Crippen LogP contribution in [0.4, 0.5) is 5.95 Å². The van der Waals surface area contributed by atoms with Crippen molar-refractivity contribution >= 4 is 17.5 Å². The molecule has 96 valence electrons. The lowest BCUT2D eigenvalue weighted by atomic mass is 10.1. The average molecular weight is 259 g/mol. The third-order valence-electron chi connectivity index (χ3n) is 2.03. The molecule has 0 spiro atoms. The molecule has 0 fully saturated rings. The molecule has 5 nitrogen and oxygen atoms in total. The second-order valence-corrected chi connectivity index (χ2v) is 4.64. The van der Waals surface area contributed by atoms with E-state index in [1.807, 2.05) is 13.8 Å². The number of anilines is 1. The Morgan fingerprint density at radius 2 is 1.94 bits per heavy atom. The Morgan fingerprint density at radius 1 is 1.24 bits per heavy atom. The number of ether oxygens (including phenoxy) is 1. The number of hydrogen-bond donors (Lipinski definition) is 1. The fourth-order valence-electron chi connectivity index (χ4n) is 1.51. The lowest BCUT2D eigenvalue weighted by Gasteiger charge is -2.15. The minimum Gasteiger partial charge on any atom is -0.460 e. The standard InChI is InChI=1S/C11H19ClN4O/c1-5-13-10-14-9(12)15-11(16-10)17-8(4)6-7(2)3/h7-8H,5-6H2,1-4H3,(H,13,14,15,16). The molecule has 6 heteroatoms. The van der Waals surface area contributed by atoms with Crippen LogP contribution in [0.15, 0.2) is 0 Å². The summed E-state index contributed by atoms with van der Waals surface area (Å²) < 4.78 is 5.61. The summed E-state index contributed by atoms with van der Waals surface area (Å²) >= 11 is 5.79. The summed E-state index contributed by atoms with van der Waals surface area (Å²) in [6, 6.07) is 0.272. The highest BCUT2D eigenvalue weighted by atomic mass is 35.5. The molecule has 17 heavy (non-hydrogen) atoms. The van der Waals surface area contributed by atoms with Crippen molar-refractivity contribution in [2.24, 2.45) is 5.92 Å². The molecule has 1 aromatic heterocycles. The summed E-state index contributed by atoms with van der Waals surface area (Å²) in [5.41, 5.74) is 0. The van der Waals surface area contributed by atoms with E-state index in [9.17, 15) is 0 Å². The maximum atomic E-state index is 5.79. The van der Waals surface area contributed by atoms with Gasteiger partial charge in [0.1, 0.15) is 0 Å². The lowest BCUT2D eigenvalue weighted by Crippen LogP contribution is -2.17. The van der Waals surface area contributed by atoms with Gasteiger partial charge in [-0.05, 0) is 37.8 Å². The van der Waals surface area contributed by atoms with Gasteiger partial charge in [-0.3, -0.25) is 0 Å². The first-order chi connectivity index (χ1) is 8.01. The molecule has 1 rings (SSSR count). The fourth-order valence-corrected chi connectivity index (χ4v) is 1.67. The fraction of sp³-hybridized carbons (Fsp3) is 0.727. The van der Waals surface area contributed by atoms with Gasteiger partial charge in [0.05, 0.1) is 6.10 Å². The molecule has 0 aliphatic carbocycles. The number of nitrogens with zero attached hydrogens (tertiary/aromatic N) is 3. The molecule has 0 bridgehead atoms. The third-order valence-corrected chi connectivity index (χ3v) is 2.20. The minimum absolute atomic E-state index is 0.0583. The maximum absolute atomic E-state index is 5.79. The van der Waals surface area contributed by atoms with Crippen LogP contribution < -0.4 is 10.1 Å². The molecule has 0 aliphatic heterocycles. The van der Waals surface area contributed by atoms with E-state index in [1.54, 1.807) is 0 Å². The molecule has 0 amide bonds. The van der Waals surface area contributed by atoms with Crippen LogP contribution in [0.25, 0.3) is 0 Å². The molecule has 1 heterocycles. The van der Waals surface area contributed by atoms with Gasteiger partial charge in [0.2, 0.25) is 11.2 Å². The zero-order valence-electron chi connectivity index (χ0n) is 10.7. The quantitative estimate of drug-likeness (QED) is 0.850. The first kappa shape index (κ1) is 14.0. The van der Waals surface area contributed by atoms with Crippen LogP contribution in [0.1, 0.15) is 34.1 Å². The summed E-state index contributed by atoms with van der Waals surface area (Å²) in [5.74, 6) is 1.01. The van der Waals surface area contributed by atoms with E-state index in [0.29, 0.717) is 11.9 Å². The summed E-state index contributed by atoms with van der Waals surface area (Å²) in [6.07, 6.45) is 1.00. The monoisotopic (exact) mass is 258 g/mol. The molecule has 1 N–H and O–H groups in total. The Balaban J connectivity index is 2.69. The Morgan fingerprint density at radius 3 is 2.53 bits per heavy atom. The SMILES string of the molecule is CCNc1nc(Cl)nc(OC(C)CC(C)C)n1. The van der Waals surface area contributed by atoms with Crippen molar-refractivity contribution in [1.82, 2.24) is 15.0 Å². The molecular formula is C11H19ClN4O. The van der Waals surface area contributed by atoms with E-state index < -0.39 is 0 Å². The third kappa shape index (κ3) is 5.17. The van der Waals surface area contributed by atoms with Crippen LogP contribution in [0.3, 0.4) is 0 Å². The van der Waals surface area contributed by atoms with Crippen molar-refractivity contribution in [2.75, 3.05) is 11.9 Å². The molecule has 0 saturated carbocycles. The van der Waals surface area contributed by atoms with E-state index in [2.05, 4.69) is 34.1 Å². The smallest absolute Gasteiger partial charge is 0.322 e. The van der Waals surface area contributed by atoms with Gasteiger partial charge in [-0.1, -0.05) is 13.8 Å². The Bertz CT molecular complexity index is 359. The van der Waals surface area contributed by atoms with Gasteiger partial charge in [0, 0.05) is 6.54 Å². The summed E-state index contributed by atoms with van der Waals surface area (Å²) in [5, 5.41) is 3.12. The predicted octanol–water partition coefficient (Wildman–Crippen LogP) is 2.77. The second-order valence-electron chi connectivity index (χ2n) is 4.30. The van der Waals surface area contributed by atoms with Crippen LogP contribution in [-0.2, 0) is 0 Å². The van der Waals surface area contributed by atoms with Crippen LogP contribution >= 0.6 is 11.6 Å². The lowest BCUT2D eigenvalue weighted by molar-refractivity contribution is 0.177. The van der Waals surface area contributed by atoms with Gasteiger partial charge in [0.25, 0.3) is 0 Å². The molecule has 0 radical (unpaired) electrons. The van der Waals surface area contributed by atoms with E-state index in [1.165, 1.54) is 0 Å². The minimum atomic E-state index is 0.0583. The van der Waals surface area contributed by atoms with Gasteiger partial charge in [-0.15, -0.1) is 0 Å². The van der Waals surface area contributed by atoms with E-state index in [0.717, 1.165) is 13.0 Å². The molecule has 1 atom stereocenters. The average Bonchev–Trinajstić information content (AvgIpc) is 2.14. The summed E-state index contributed by atoms with van der Waals surface area (Å²) in [6.45, 7) is 8.96. The molecule has 1 unspecified atom stereocenters. The molecule has 0 aliphatic rings. The van der Waals surface area contributed by atoms with Gasteiger partial charge < -0.3 is 10.1 Å². The Kier molecular flexibility index (Phi) is 5.41. The highest BCUT2D eigenvalue weighted by Crippen LogP contribution is 2.15. The molecule has 1 aromatic rings. The predicted molar refractivity (Wildman–Crippen MR) is 68.5 cm³/mol. The molecule has 0 aromatic carbocycles. The summed E-state index contributed by atoms with van der Waals surface area (Å²) in [4.78, 5) is 12.0. The Labute approximate surface area is 107 Å². The first-order valence-electron chi connectivity index (χ1n) is 5.83. The van der Waals surface area contributed by atoms with Crippen molar-refractivity contribution < 1.29 is 4.74 Å². The molecular weight excluding hydrogens is 240 g/mol. The maximum Gasteiger partial charge on any atom is 0.322 e. The second kappa shape index (κ2) is 6.59. The Hall–Kier alpha value is -1.10. The number of aromatic nitrogens is 3. The van der Waals surface area contributed by atoms with E-state index >= 15 is 0 Å². The van der Waals surface area contributed by atoms with Gasteiger partial charge in [-0.25, -0.2) is 0 Å². The van der Waals surface area contributed by atoms with Crippen molar-refractivity contribution in [3.63, 3.8) is 0 Å². The molecule has 0 saturated heterocycles. The van der Waals surface area contributed by atoms with Crippen LogP contribution in [0.5, 0.6) is 6.01 Å². The van der Waals surface area contributed by atoms with Crippen molar-refractivity contribution in [3.8, 4) is 6.01 Å². The van der Waals surface area contributed by atoms with E-state index in [-0.39, 0.29) is 17.4 Å². The van der Waals surface area contributed by atoms with Gasteiger partial charge in [0.15, 0.2) is 0 Å². The van der Waals surface area contributed by atoms with Crippen molar-refractivity contribution in [1.29, 1.82) is 0 Å². The number of hydrogen-bond acceptors (Lipinski definition) is 5. The van der Waals surface area contributed by atoms with Crippen molar-refractivity contribution in [3.05, 3.63) is 5.28 Å². The summed E-state index contributed by atoms with van der Waals surface area (Å²) in [7, 11) is 0. The highest BCUT2D eigenvalue weighted by Gasteiger charge is 2.11. The first-order valence-corrected chi connectivity index (χ1v) is 6.21. The number of halogens is 1. The van der Waals surface area contributed by atoms with E-state index in [4.69, 9.17) is 16.3 Å². The van der Waals surface area contributed by atoms with Gasteiger partial charge in [-0.2, -0.15) is 15.0 Å². The zero-order chi connectivity index (χ0) is 12.8. The topological polar surface area (TPSA) is 59.9 Å². The highest BCUT2D eigenvalue weighted by molar-refractivity contribution is 6.28. The largest absolute Gasteiger partial charge is 0.460 e. The van der Waals surface area contributed by atoms with Gasteiger partial charge >= 0.3 is 6.01 Å². The number of nitrogens with one attached hydrogen (secondary N) is 1. The van der Waals surface area contributed by atoms with Crippen LogP contribution in [0, 0.1) is 5.92 Å². The van der Waals surface area contributed by atoms with Crippen molar-refractivity contribution in [2.45, 2.75) is 40.2 Å². The van der Waals surface area contributed by atoms with Crippen LogP contribution in [-0.4, -0.2) is 27.6 Å².